The van der Waals surface area contributed by atoms with Gasteiger partial charge in [-0.2, -0.15) is 0 Å². The molecule has 0 fully saturated rings. The van der Waals surface area contributed by atoms with Gasteiger partial charge in [-0.3, -0.25) is 9.36 Å². The molecule has 4 rings (SSSR count). The number of benzene rings is 1. The minimum atomic E-state index is 0.117. The quantitative estimate of drug-likeness (QED) is 0.628. The normalized spacial score (nSPS) is 13.7. The number of hydrogen-bond acceptors (Lipinski definition) is 4. The van der Waals surface area contributed by atoms with E-state index in [1.54, 1.807) is 11.3 Å². The van der Waals surface area contributed by atoms with E-state index in [0.29, 0.717) is 19.0 Å². The second-order valence-electron chi connectivity index (χ2n) is 7.09. The van der Waals surface area contributed by atoms with Crippen molar-refractivity contribution in [2.45, 2.75) is 52.0 Å². The van der Waals surface area contributed by atoms with E-state index in [1.165, 1.54) is 28.8 Å². The molecule has 142 valence electrons. The Hall–Kier alpha value is -1.85. The fourth-order valence-corrected chi connectivity index (χ4v) is 5.28. The smallest absolute Gasteiger partial charge is 0.263 e. The molecule has 1 aliphatic carbocycles. The van der Waals surface area contributed by atoms with Gasteiger partial charge < -0.3 is 5.32 Å². The lowest BCUT2D eigenvalue weighted by Crippen LogP contribution is -2.26. The molecule has 0 saturated carbocycles. The van der Waals surface area contributed by atoms with Crippen LogP contribution in [-0.2, 0) is 25.8 Å². The van der Waals surface area contributed by atoms with Gasteiger partial charge in [-0.1, -0.05) is 30.7 Å². The Morgan fingerprint density at radius 2 is 2.15 bits per heavy atom. The Kier molecular flexibility index (Phi) is 5.50. The molecule has 27 heavy (non-hydrogen) atoms. The van der Waals surface area contributed by atoms with Crippen LogP contribution in [0.5, 0.6) is 0 Å². The van der Waals surface area contributed by atoms with E-state index >= 15 is 0 Å². The van der Waals surface area contributed by atoms with E-state index in [2.05, 4.69) is 18.3 Å². The zero-order chi connectivity index (χ0) is 18.8. The molecular formula is C21H24ClN3OS. The van der Waals surface area contributed by atoms with Crippen LogP contribution in [0.15, 0.2) is 29.1 Å². The van der Waals surface area contributed by atoms with Crippen molar-refractivity contribution in [1.29, 1.82) is 0 Å². The SMILES string of the molecule is CCCn1c(NCCc2cccc(Cl)c2)nc2sc3c(c2c1=O)CCCC3. The van der Waals surface area contributed by atoms with Crippen molar-refractivity contribution in [3.8, 4) is 0 Å². The Morgan fingerprint density at radius 3 is 2.96 bits per heavy atom. The van der Waals surface area contributed by atoms with Gasteiger partial charge in [0.15, 0.2) is 0 Å². The number of nitrogens with zero attached hydrogens (tertiary/aromatic N) is 2. The Labute approximate surface area is 168 Å². The first-order valence-electron chi connectivity index (χ1n) is 9.70. The van der Waals surface area contributed by atoms with Crippen LogP contribution >= 0.6 is 22.9 Å². The lowest BCUT2D eigenvalue weighted by atomic mass is 9.97. The minimum absolute atomic E-state index is 0.117. The molecule has 0 bridgehead atoms. The molecule has 1 N–H and O–H groups in total. The number of halogens is 1. The summed E-state index contributed by atoms with van der Waals surface area (Å²) < 4.78 is 1.82. The van der Waals surface area contributed by atoms with Crippen molar-refractivity contribution >= 4 is 39.1 Å². The second kappa shape index (κ2) is 8.03. The van der Waals surface area contributed by atoms with E-state index in [-0.39, 0.29) is 5.56 Å². The predicted octanol–water partition coefficient (Wildman–Crippen LogP) is 5.05. The third-order valence-electron chi connectivity index (χ3n) is 5.11. The maximum Gasteiger partial charge on any atom is 0.263 e. The summed E-state index contributed by atoms with van der Waals surface area (Å²) in [6.07, 6.45) is 6.23. The Bertz CT molecular complexity index is 1020. The standard InChI is InChI=1S/C21H24ClN3OS/c1-2-12-25-20(26)18-16-8-3-4-9-17(16)27-19(18)24-21(25)23-11-10-14-6-5-7-15(22)13-14/h5-7,13H,2-4,8-12H2,1H3,(H,23,24). The summed E-state index contributed by atoms with van der Waals surface area (Å²) in [6, 6.07) is 7.89. The van der Waals surface area contributed by atoms with Gasteiger partial charge in [0.1, 0.15) is 4.83 Å². The molecule has 0 radical (unpaired) electrons. The summed E-state index contributed by atoms with van der Waals surface area (Å²) in [6.45, 7) is 3.49. The summed E-state index contributed by atoms with van der Waals surface area (Å²) in [5, 5.41) is 5.01. The fourth-order valence-electron chi connectivity index (χ4n) is 3.82. The first-order chi connectivity index (χ1) is 13.2. The average molecular weight is 402 g/mol. The highest BCUT2D eigenvalue weighted by molar-refractivity contribution is 7.18. The molecule has 0 unspecified atom stereocenters. The van der Waals surface area contributed by atoms with Crippen molar-refractivity contribution in [1.82, 2.24) is 9.55 Å². The molecule has 4 nitrogen and oxygen atoms in total. The van der Waals surface area contributed by atoms with Crippen molar-refractivity contribution in [3.63, 3.8) is 0 Å². The van der Waals surface area contributed by atoms with Crippen LogP contribution in [0.3, 0.4) is 0 Å². The molecule has 0 aliphatic heterocycles. The zero-order valence-electron chi connectivity index (χ0n) is 15.6. The number of rotatable bonds is 6. The first-order valence-corrected chi connectivity index (χ1v) is 10.9. The van der Waals surface area contributed by atoms with Crippen molar-refractivity contribution < 1.29 is 0 Å². The van der Waals surface area contributed by atoms with Gasteiger partial charge in [0.2, 0.25) is 5.95 Å². The highest BCUT2D eigenvalue weighted by Gasteiger charge is 2.21. The molecular weight excluding hydrogens is 378 g/mol. The molecule has 6 heteroatoms. The predicted molar refractivity (Wildman–Crippen MR) is 114 cm³/mol. The first kappa shape index (κ1) is 18.5. The maximum atomic E-state index is 13.2. The van der Waals surface area contributed by atoms with Gasteiger partial charge in [0.05, 0.1) is 5.39 Å². The summed E-state index contributed by atoms with van der Waals surface area (Å²) >= 11 is 7.77. The molecule has 0 amide bonds. The Morgan fingerprint density at radius 1 is 1.30 bits per heavy atom. The highest BCUT2D eigenvalue weighted by Crippen LogP contribution is 2.34. The van der Waals surface area contributed by atoms with Crippen molar-refractivity contribution in [2.75, 3.05) is 11.9 Å². The summed E-state index contributed by atoms with van der Waals surface area (Å²) in [5.41, 5.74) is 2.55. The van der Waals surface area contributed by atoms with Crippen LogP contribution in [0, 0.1) is 0 Å². The van der Waals surface area contributed by atoms with Gasteiger partial charge >= 0.3 is 0 Å². The largest absolute Gasteiger partial charge is 0.355 e. The van der Waals surface area contributed by atoms with Gasteiger partial charge in [-0.25, -0.2) is 4.98 Å². The topological polar surface area (TPSA) is 46.9 Å². The fraction of sp³-hybridized carbons (Fsp3) is 0.429. The van der Waals surface area contributed by atoms with E-state index in [1.807, 2.05) is 22.8 Å². The minimum Gasteiger partial charge on any atom is -0.355 e. The van der Waals surface area contributed by atoms with E-state index in [0.717, 1.165) is 40.9 Å². The van der Waals surface area contributed by atoms with Crippen LogP contribution < -0.4 is 10.9 Å². The summed E-state index contributed by atoms with van der Waals surface area (Å²) in [4.78, 5) is 20.3. The molecule has 1 aromatic carbocycles. The van der Waals surface area contributed by atoms with E-state index in [4.69, 9.17) is 16.6 Å². The monoisotopic (exact) mass is 401 g/mol. The molecule has 1 aliphatic rings. The van der Waals surface area contributed by atoms with Gasteiger partial charge in [-0.15, -0.1) is 11.3 Å². The van der Waals surface area contributed by atoms with Gasteiger partial charge in [0, 0.05) is 23.0 Å². The van der Waals surface area contributed by atoms with Crippen LogP contribution in [0.2, 0.25) is 5.02 Å². The van der Waals surface area contributed by atoms with E-state index in [9.17, 15) is 4.79 Å². The lowest BCUT2D eigenvalue weighted by molar-refractivity contribution is 0.651. The molecule has 3 aromatic rings. The number of fused-ring (bicyclic) bond motifs is 3. The third-order valence-corrected chi connectivity index (χ3v) is 6.53. The average Bonchev–Trinajstić information content (AvgIpc) is 3.03. The highest BCUT2D eigenvalue weighted by atomic mass is 35.5. The number of nitrogens with one attached hydrogen (secondary N) is 1. The molecule has 2 aromatic heterocycles. The van der Waals surface area contributed by atoms with Crippen LogP contribution in [0.1, 0.15) is 42.2 Å². The number of thiophene rings is 1. The van der Waals surface area contributed by atoms with Gasteiger partial charge in [0.25, 0.3) is 5.56 Å². The Balaban J connectivity index is 1.64. The summed E-state index contributed by atoms with van der Waals surface area (Å²) in [5.74, 6) is 0.690. The number of anilines is 1. The molecule has 0 atom stereocenters. The number of aromatic nitrogens is 2. The maximum absolute atomic E-state index is 13.2. The van der Waals surface area contributed by atoms with Crippen molar-refractivity contribution in [2.24, 2.45) is 0 Å². The number of aryl methyl sites for hydroxylation is 2. The molecule has 0 spiro atoms. The van der Waals surface area contributed by atoms with Crippen LogP contribution in [0.4, 0.5) is 5.95 Å². The molecule has 2 heterocycles. The third kappa shape index (κ3) is 3.76. The van der Waals surface area contributed by atoms with Crippen LogP contribution in [-0.4, -0.2) is 16.1 Å². The molecule has 0 saturated heterocycles. The summed E-state index contributed by atoms with van der Waals surface area (Å²) in [7, 11) is 0. The second-order valence-corrected chi connectivity index (χ2v) is 8.61. The zero-order valence-corrected chi connectivity index (χ0v) is 17.1. The lowest BCUT2D eigenvalue weighted by Gasteiger charge is -2.14. The van der Waals surface area contributed by atoms with Crippen molar-refractivity contribution in [3.05, 3.63) is 55.6 Å². The number of hydrogen-bond donors (Lipinski definition) is 1. The van der Waals surface area contributed by atoms with Gasteiger partial charge in [-0.05, 0) is 61.8 Å². The van der Waals surface area contributed by atoms with Crippen LogP contribution in [0.25, 0.3) is 10.2 Å². The van der Waals surface area contributed by atoms with E-state index < -0.39 is 0 Å².